The molecule has 1 aliphatic rings. The van der Waals surface area contributed by atoms with Crippen LogP contribution in [0.5, 0.6) is 0 Å². The molecule has 0 saturated heterocycles. The molecule has 0 aliphatic heterocycles. The molecular formula is C14H17FN2O4. The topological polar surface area (TPSA) is 92.5 Å². The summed E-state index contributed by atoms with van der Waals surface area (Å²) in [5.74, 6) is -1.24. The number of nitro benzene ring substituents is 1. The van der Waals surface area contributed by atoms with E-state index in [1.165, 1.54) is 6.07 Å². The molecule has 0 radical (unpaired) electrons. The van der Waals surface area contributed by atoms with Crippen LogP contribution in [0.3, 0.4) is 0 Å². The van der Waals surface area contributed by atoms with Crippen LogP contribution in [-0.2, 0) is 0 Å². The van der Waals surface area contributed by atoms with Gasteiger partial charge in [-0.15, -0.1) is 0 Å². The van der Waals surface area contributed by atoms with Crippen molar-refractivity contribution in [3.05, 3.63) is 39.7 Å². The van der Waals surface area contributed by atoms with Gasteiger partial charge in [0.1, 0.15) is 0 Å². The van der Waals surface area contributed by atoms with Crippen molar-refractivity contribution in [2.75, 3.05) is 6.54 Å². The summed E-state index contributed by atoms with van der Waals surface area (Å²) < 4.78 is 13.2. The van der Waals surface area contributed by atoms with Crippen LogP contribution in [0.2, 0.25) is 0 Å². The quantitative estimate of drug-likeness (QED) is 0.656. The molecule has 114 valence electrons. The minimum atomic E-state index is -0.966. The standard InChI is InChI=1S/C14H17FN2O4/c15-12-5-4-10(7-13(12)17(20)21)14(19)16-8-9-2-1-3-11(18)6-9/h4-5,7,9,11,18H,1-3,6,8H2,(H,16,19). The second-order valence-corrected chi connectivity index (χ2v) is 5.32. The number of nitro groups is 1. The summed E-state index contributed by atoms with van der Waals surface area (Å²) in [7, 11) is 0. The van der Waals surface area contributed by atoms with Crippen molar-refractivity contribution in [2.45, 2.75) is 31.8 Å². The Balaban J connectivity index is 1.97. The fourth-order valence-electron chi connectivity index (χ4n) is 2.58. The molecule has 1 saturated carbocycles. The van der Waals surface area contributed by atoms with E-state index in [0.717, 1.165) is 31.4 Å². The SMILES string of the molecule is O=C(NCC1CCCC(O)C1)c1ccc(F)c([N+](=O)[O-])c1. The van der Waals surface area contributed by atoms with Crippen LogP contribution >= 0.6 is 0 Å². The summed E-state index contributed by atoms with van der Waals surface area (Å²) in [6, 6.07) is 3.06. The average molecular weight is 296 g/mol. The van der Waals surface area contributed by atoms with Crippen molar-refractivity contribution in [3.63, 3.8) is 0 Å². The Morgan fingerprint density at radius 2 is 2.24 bits per heavy atom. The van der Waals surface area contributed by atoms with E-state index in [9.17, 15) is 24.4 Å². The predicted molar refractivity (Wildman–Crippen MR) is 73.4 cm³/mol. The molecular weight excluding hydrogens is 279 g/mol. The molecule has 2 rings (SSSR count). The van der Waals surface area contributed by atoms with Gasteiger partial charge in [0.15, 0.2) is 0 Å². The number of amides is 1. The number of hydrogen-bond donors (Lipinski definition) is 2. The predicted octanol–water partition coefficient (Wildman–Crippen LogP) is 2.01. The molecule has 7 heteroatoms. The maximum Gasteiger partial charge on any atom is 0.305 e. The first-order valence-corrected chi connectivity index (χ1v) is 6.87. The Kier molecular flexibility index (Phi) is 4.85. The molecule has 0 spiro atoms. The fourth-order valence-corrected chi connectivity index (χ4v) is 2.58. The summed E-state index contributed by atoms with van der Waals surface area (Å²) in [4.78, 5) is 21.7. The van der Waals surface area contributed by atoms with E-state index in [2.05, 4.69) is 5.32 Å². The summed E-state index contributed by atoms with van der Waals surface area (Å²) in [5, 5.41) is 22.9. The Morgan fingerprint density at radius 1 is 1.48 bits per heavy atom. The van der Waals surface area contributed by atoms with Gasteiger partial charge in [-0.1, -0.05) is 6.42 Å². The Labute approximate surface area is 121 Å². The smallest absolute Gasteiger partial charge is 0.305 e. The zero-order valence-electron chi connectivity index (χ0n) is 11.4. The maximum atomic E-state index is 13.2. The van der Waals surface area contributed by atoms with Crippen molar-refractivity contribution in [3.8, 4) is 0 Å². The second kappa shape index (κ2) is 6.62. The fraction of sp³-hybridized carbons (Fsp3) is 0.500. The molecule has 1 aromatic rings. The van der Waals surface area contributed by atoms with Crippen LogP contribution in [0.25, 0.3) is 0 Å². The number of aliphatic hydroxyl groups excluding tert-OH is 1. The van der Waals surface area contributed by atoms with E-state index in [1.54, 1.807) is 0 Å². The largest absolute Gasteiger partial charge is 0.393 e. The van der Waals surface area contributed by atoms with Gasteiger partial charge in [0.2, 0.25) is 5.82 Å². The molecule has 21 heavy (non-hydrogen) atoms. The summed E-state index contributed by atoms with van der Waals surface area (Å²) in [6.45, 7) is 0.404. The van der Waals surface area contributed by atoms with Gasteiger partial charge in [0, 0.05) is 18.2 Å². The number of halogens is 1. The molecule has 6 nitrogen and oxygen atoms in total. The van der Waals surface area contributed by atoms with Crippen molar-refractivity contribution in [1.29, 1.82) is 0 Å². The maximum absolute atomic E-state index is 13.2. The first kappa shape index (κ1) is 15.4. The highest BCUT2D eigenvalue weighted by Crippen LogP contribution is 2.24. The van der Waals surface area contributed by atoms with Crippen LogP contribution in [0.4, 0.5) is 10.1 Å². The van der Waals surface area contributed by atoms with E-state index in [1.807, 2.05) is 0 Å². The van der Waals surface area contributed by atoms with Crippen molar-refractivity contribution >= 4 is 11.6 Å². The van der Waals surface area contributed by atoms with Gasteiger partial charge in [-0.2, -0.15) is 4.39 Å². The molecule has 0 bridgehead atoms. The number of rotatable bonds is 4. The highest BCUT2D eigenvalue weighted by Gasteiger charge is 2.22. The summed E-state index contributed by atoms with van der Waals surface area (Å²) in [6.07, 6.45) is 2.95. The first-order chi connectivity index (χ1) is 9.97. The number of nitrogens with one attached hydrogen (secondary N) is 1. The number of aliphatic hydroxyl groups is 1. The monoisotopic (exact) mass is 296 g/mol. The molecule has 2 N–H and O–H groups in total. The molecule has 1 aliphatic carbocycles. The Hall–Kier alpha value is -2.02. The van der Waals surface area contributed by atoms with Gasteiger partial charge in [-0.3, -0.25) is 14.9 Å². The molecule has 1 aromatic carbocycles. The number of nitrogens with zero attached hydrogens (tertiary/aromatic N) is 1. The lowest BCUT2D eigenvalue weighted by molar-refractivity contribution is -0.387. The molecule has 2 unspecified atom stereocenters. The van der Waals surface area contributed by atoms with E-state index in [4.69, 9.17) is 0 Å². The first-order valence-electron chi connectivity index (χ1n) is 6.87. The van der Waals surface area contributed by atoms with Gasteiger partial charge in [-0.25, -0.2) is 0 Å². The minimum Gasteiger partial charge on any atom is -0.393 e. The molecule has 1 amide bonds. The molecule has 2 atom stereocenters. The van der Waals surface area contributed by atoms with Crippen molar-refractivity contribution in [1.82, 2.24) is 5.32 Å². The van der Waals surface area contributed by atoms with Gasteiger partial charge in [0.25, 0.3) is 5.91 Å². The highest BCUT2D eigenvalue weighted by molar-refractivity contribution is 5.94. The zero-order valence-corrected chi connectivity index (χ0v) is 11.4. The van der Waals surface area contributed by atoms with E-state index >= 15 is 0 Å². The van der Waals surface area contributed by atoms with Crippen LogP contribution < -0.4 is 5.32 Å². The van der Waals surface area contributed by atoms with Crippen LogP contribution in [-0.4, -0.2) is 28.6 Å². The van der Waals surface area contributed by atoms with Gasteiger partial charge in [0.05, 0.1) is 11.0 Å². The normalized spacial score (nSPS) is 21.8. The van der Waals surface area contributed by atoms with Crippen LogP contribution in [0, 0.1) is 21.8 Å². The van der Waals surface area contributed by atoms with E-state index in [-0.39, 0.29) is 17.6 Å². The number of benzene rings is 1. The number of carbonyl (C=O) groups is 1. The third-order valence-corrected chi connectivity index (χ3v) is 3.71. The van der Waals surface area contributed by atoms with E-state index in [0.29, 0.717) is 13.0 Å². The van der Waals surface area contributed by atoms with E-state index < -0.39 is 22.3 Å². The lowest BCUT2D eigenvalue weighted by atomic mass is 9.87. The van der Waals surface area contributed by atoms with Gasteiger partial charge >= 0.3 is 5.69 Å². The molecule has 1 fully saturated rings. The number of hydrogen-bond acceptors (Lipinski definition) is 4. The summed E-state index contributed by atoms with van der Waals surface area (Å²) in [5.41, 5.74) is -0.657. The Morgan fingerprint density at radius 3 is 2.90 bits per heavy atom. The third kappa shape index (κ3) is 3.98. The lowest BCUT2D eigenvalue weighted by Gasteiger charge is -2.25. The lowest BCUT2D eigenvalue weighted by Crippen LogP contribution is -2.33. The summed E-state index contributed by atoms with van der Waals surface area (Å²) >= 11 is 0. The van der Waals surface area contributed by atoms with Gasteiger partial charge < -0.3 is 10.4 Å². The zero-order chi connectivity index (χ0) is 15.4. The van der Waals surface area contributed by atoms with Crippen LogP contribution in [0.15, 0.2) is 18.2 Å². The average Bonchev–Trinajstić information content (AvgIpc) is 2.45. The highest BCUT2D eigenvalue weighted by atomic mass is 19.1. The minimum absolute atomic E-state index is 0.0551. The van der Waals surface area contributed by atoms with Crippen LogP contribution in [0.1, 0.15) is 36.0 Å². The van der Waals surface area contributed by atoms with Crippen molar-refractivity contribution in [2.24, 2.45) is 5.92 Å². The van der Waals surface area contributed by atoms with Gasteiger partial charge in [-0.05, 0) is 37.3 Å². The number of carbonyl (C=O) groups excluding carboxylic acids is 1. The third-order valence-electron chi connectivity index (χ3n) is 3.71. The van der Waals surface area contributed by atoms with Crippen molar-refractivity contribution < 1.29 is 19.2 Å². The Bertz CT molecular complexity index is 550. The molecule has 0 aromatic heterocycles. The molecule has 0 heterocycles. The second-order valence-electron chi connectivity index (χ2n) is 5.32.